The van der Waals surface area contributed by atoms with E-state index in [0.29, 0.717) is 11.8 Å². The zero-order valence-corrected chi connectivity index (χ0v) is 13.0. The van der Waals surface area contributed by atoms with Crippen LogP contribution in [0.5, 0.6) is 0 Å². The van der Waals surface area contributed by atoms with Crippen molar-refractivity contribution in [2.45, 2.75) is 19.4 Å². The van der Waals surface area contributed by atoms with E-state index in [1.165, 1.54) is 0 Å². The molecule has 3 atom stereocenters. The lowest BCUT2D eigenvalue weighted by molar-refractivity contribution is -0.124. The van der Waals surface area contributed by atoms with Crippen LogP contribution in [0, 0.1) is 17.8 Å². The number of hydrogen-bond acceptors (Lipinski definition) is 3. The first-order valence-electron chi connectivity index (χ1n) is 7.95. The lowest BCUT2D eigenvalue weighted by Crippen LogP contribution is -2.43. The summed E-state index contributed by atoms with van der Waals surface area (Å²) in [4.78, 5) is 17.0. The molecule has 4 heteroatoms. The summed E-state index contributed by atoms with van der Waals surface area (Å²) in [5, 5.41) is 7.70. The molecule has 1 unspecified atom stereocenters. The third kappa shape index (κ3) is 2.10. The average molecular weight is 295 g/mol. The quantitative estimate of drug-likeness (QED) is 0.911. The molecule has 0 spiro atoms. The first kappa shape index (κ1) is 13.7. The number of nitrogens with zero attached hydrogens (tertiary/aromatic N) is 1. The number of aromatic nitrogens is 1. The second-order valence-corrected chi connectivity index (χ2v) is 7.00. The molecule has 2 aromatic rings. The van der Waals surface area contributed by atoms with Gasteiger partial charge in [-0.3, -0.25) is 9.78 Å². The number of rotatable bonds is 3. The van der Waals surface area contributed by atoms with Crippen LogP contribution in [0.15, 0.2) is 36.5 Å². The van der Waals surface area contributed by atoms with Gasteiger partial charge in [0.2, 0.25) is 5.91 Å². The Bertz CT molecular complexity index is 725. The van der Waals surface area contributed by atoms with Crippen LogP contribution >= 0.6 is 0 Å². The molecule has 4 rings (SSSR count). The van der Waals surface area contributed by atoms with Gasteiger partial charge in [-0.05, 0) is 56.5 Å². The van der Waals surface area contributed by atoms with E-state index < -0.39 is 5.54 Å². The van der Waals surface area contributed by atoms with Crippen molar-refractivity contribution in [2.24, 2.45) is 17.8 Å². The number of hydrogen-bond donors (Lipinski definition) is 2. The zero-order chi connectivity index (χ0) is 15.3. The molecule has 0 bridgehead atoms. The monoisotopic (exact) mass is 295 g/mol. The maximum Gasteiger partial charge on any atom is 0.224 e. The summed E-state index contributed by atoms with van der Waals surface area (Å²) in [7, 11) is 0. The summed E-state index contributed by atoms with van der Waals surface area (Å²) in [5.74, 6) is 1.49. The van der Waals surface area contributed by atoms with E-state index in [1.54, 1.807) is 0 Å². The number of fused-ring (bicyclic) bond motifs is 2. The molecule has 4 nitrogen and oxygen atoms in total. The first-order valence-corrected chi connectivity index (χ1v) is 7.95. The first-order chi connectivity index (χ1) is 10.6. The topological polar surface area (TPSA) is 54.0 Å². The summed E-state index contributed by atoms with van der Waals surface area (Å²) in [5.41, 5.74) is 1.69. The predicted octanol–water partition coefficient (Wildman–Crippen LogP) is 2.05. The van der Waals surface area contributed by atoms with Gasteiger partial charge in [0.15, 0.2) is 0 Å². The SMILES string of the molecule is CC(C)(NC(=O)[C@@H]1C2CNC[C@H]21)c1ccnc2ccccc12. The van der Waals surface area contributed by atoms with Gasteiger partial charge < -0.3 is 10.6 Å². The van der Waals surface area contributed by atoms with Gasteiger partial charge >= 0.3 is 0 Å². The third-order valence-electron chi connectivity index (χ3n) is 5.15. The Hall–Kier alpha value is -1.94. The number of benzene rings is 1. The zero-order valence-electron chi connectivity index (χ0n) is 13.0. The highest BCUT2D eigenvalue weighted by atomic mass is 16.2. The molecular formula is C18H21N3O. The van der Waals surface area contributed by atoms with Gasteiger partial charge in [0.25, 0.3) is 0 Å². The van der Waals surface area contributed by atoms with Crippen LogP contribution in [0.2, 0.25) is 0 Å². The van der Waals surface area contributed by atoms with Gasteiger partial charge in [-0.1, -0.05) is 18.2 Å². The highest BCUT2D eigenvalue weighted by Gasteiger charge is 2.57. The molecule has 2 heterocycles. The van der Waals surface area contributed by atoms with Gasteiger partial charge in [0.1, 0.15) is 0 Å². The Morgan fingerprint density at radius 2 is 1.95 bits per heavy atom. The van der Waals surface area contributed by atoms with E-state index in [-0.39, 0.29) is 11.8 Å². The van der Waals surface area contributed by atoms with Crippen molar-refractivity contribution >= 4 is 16.8 Å². The van der Waals surface area contributed by atoms with E-state index >= 15 is 0 Å². The number of piperidine rings is 1. The molecule has 1 amide bonds. The molecule has 2 fully saturated rings. The fourth-order valence-electron chi connectivity index (χ4n) is 3.91. The molecule has 0 radical (unpaired) electrons. The van der Waals surface area contributed by atoms with Crippen molar-refractivity contribution in [3.63, 3.8) is 0 Å². The normalized spacial score (nSPS) is 26.7. The second kappa shape index (κ2) is 4.78. The summed E-state index contributed by atoms with van der Waals surface area (Å²) >= 11 is 0. The van der Waals surface area contributed by atoms with Crippen LogP contribution in [0.1, 0.15) is 19.4 Å². The highest BCUT2D eigenvalue weighted by Crippen LogP contribution is 2.49. The van der Waals surface area contributed by atoms with Crippen LogP contribution in [-0.4, -0.2) is 24.0 Å². The summed E-state index contributed by atoms with van der Waals surface area (Å²) in [6.07, 6.45) is 1.82. The average Bonchev–Trinajstić information content (AvgIpc) is 3.00. The lowest BCUT2D eigenvalue weighted by Gasteiger charge is -2.28. The summed E-state index contributed by atoms with van der Waals surface area (Å²) < 4.78 is 0. The lowest BCUT2D eigenvalue weighted by atomic mass is 9.91. The van der Waals surface area contributed by atoms with Gasteiger partial charge in [-0.2, -0.15) is 0 Å². The van der Waals surface area contributed by atoms with E-state index in [1.807, 2.05) is 30.5 Å². The van der Waals surface area contributed by atoms with Crippen molar-refractivity contribution in [3.05, 3.63) is 42.1 Å². The molecule has 1 aliphatic carbocycles. The molecular weight excluding hydrogens is 274 g/mol. The Balaban J connectivity index is 1.61. The molecule has 2 aliphatic rings. The number of carbonyl (C=O) groups excluding carboxylic acids is 1. The van der Waals surface area contributed by atoms with Crippen molar-refractivity contribution < 1.29 is 4.79 Å². The van der Waals surface area contributed by atoms with Gasteiger partial charge in [0.05, 0.1) is 11.1 Å². The predicted molar refractivity (Wildman–Crippen MR) is 86.3 cm³/mol. The van der Waals surface area contributed by atoms with Crippen molar-refractivity contribution in [3.8, 4) is 0 Å². The Morgan fingerprint density at radius 3 is 2.73 bits per heavy atom. The van der Waals surface area contributed by atoms with Crippen molar-refractivity contribution in [2.75, 3.05) is 13.1 Å². The molecule has 1 saturated heterocycles. The van der Waals surface area contributed by atoms with Crippen LogP contribution in [0.4, 0.5) is 0 Å². The number of para-hydroxylation sites is 1. The fraction of sp³-hybridized carbons (Fsp3) is 0.444. The van der Waals surface area contributed by atoms with E-state index in [0.717, 1.165) is 29.6 Å². The molecule has 1 saturated carbocycles. The fourth-order valence-corrected chi connectivity index (χ4v) is 3.91. The molecule has 114 valence electrons. The Morgan fingerprint density at radius 1 is 1.23 bits per heavy atom. The van der Waals surface area contributed by atoms with Gasteiger partial charge in [-0.15, -0.1) is 0 Å². The highest BCUT2D eigenvalue weighted by molar-refractivity contribution is 5.86. The number of amides is 1. The van der Waals surface area contributed by atoms with Crippen LogP contribution in [-0.2, 0) is 10.3 Å². The standard InChI is InChI=1S/C18H21N3O/c1-18(2,21-17(22)16-12-9-19-10-13(12)16)14-7-8-20-15-6-4-3-5-11(14)15/h3-8,12-13,16,19H,9-10H2,1-2H3,(H,21,22)/t12-,13?,16+/m1/s1. The summed E-state index contributed by atoms with van der Waals surface area (Å²) in [6.45, 7) is 6.12. The van der Waals surface area contributed by atoms with Crippen LogP contribution < -0.4 is 10.6 Å². The van der Waals surface area contributed by atoms with Crippen LogP contribution in [0.3, 0.4) is 0 Å². The third-order valence-corrected chi connectivity index (χ3v) is 5.15. The Labute approximate surface area is 130 Å². The molecule has 1 aliphatic heterocycles. The number of carbonyl (C=O) groups is 1. The number of nitrogens with one attached hydrogen (secondary N) is 2. The largest absolute Gasteiger partial charge is 0.347 e. The van der Waals surface area contributed by atoms with Crippen molar-refractivity contribution in [1.29, 1.82) is 0 Å². The Kier molecular flexibility index (Phi) is 2.98. The van der Waals surface area contributed by atoms with Crippen LogP contribution in [0.25, 0.3) is 10.9 Å². The molecule has 1 aromatic heterocycles. The van der Waals surface area contributed by atoms with Gasteiger partial charge in [-0.25, -0.2) is 0 Å². The van der Waals surface area contributed by atoms with E-state index in [2.05, 4.69) is 35.5 Å². The molecule has 2 N–H and O–H groups in total. The minimum atomic E-state index is -0.399. The molecule has 1 aromatic carbocycles. The second-order valence-electron chi connectivity index (χ2n) is 7.00. The number of pyridine rings is 1. The minimum absolute atomic E-state index is 0.197. The van der Waals surface area contributed by atoms with E-state index in [9.17, 15) is 4.79 Å². The van der Waals surface area contributed by atoms with Crippen molar-refractivity contribution in [1.82, 2.24) is 15.6 Å². The maximum absolute atomic E-state index is 12.6. The smallest absolute Gasteiger partial charge is 0.224 e. The maximum atomic E-state index is 12.6. The summed E-state index contributed by atoms with van der Waals surface area (Å²) in [6, 6.07) is 10.1. The van der Waals surface area contributed by atoms with E-state index in [4.69, 9.17) is 0 Å². The molecule has 22 heavy (non-hydrogen) atoms. The minimum Gasteiger partial charge on any atom is -0.347 e. The van der Waals surface area contributed by atoms with Gasteiger partial charge in [0, 0.05) is 17.5 Å².